The first-order chi connectivity index (χ1) is 7.90. The molecule has 1 heterocycles. The van der Waals surface area contributed by atoms with E-state index in [1.165, 1.54) is 12.0 Å². The van der Waals surface area contributed by atoms with Gasteiger partial charge in [-0.15, -0.1) is 0 Å². The molecule has 0 aromatic heterocycles. The summed E-state index contributed by atoms with van der Waals surface area (Å²) in [5.74, 6) is 0. The molecular formula is C14H19NO. The second-order valence-corrected chi connectivity index (χ2v) is 4.29. The number of benzene rings is 1. The Hall–Kier alpha value is -1.12. The van der Waals surface area contributed by atoms with Gasteiger partial charge >= 0.3 is 0 Å². The number of rotatable bonds is 4. The van der Waals surface area contributed by atoms with E-state index in [1.54, 1.807) is 0 Å². The lowest BCUT2D eigenvalue weighted by Crippen LogP contribution is -2.32. The molecule has 1 fully saturated rings. The van der Waals surface area contributed by atoms with Crippen molar-refractivity contribution in [2.24, 2.45) is 0 Å². The first-order valence-electron chi connectivity index (χ1n) is 5.96. The molecule has 1 N–H and O–H groups in total. The minimum atomic E-state index is 0.291. The van der Waals surface area contributed by atoms with E-state index < -0.39 is 0 Å². The van der Waals surface area contributed by atoms with Crippen molar-refractivity contribution in [1.82, 2.24) is 4.90 Å². The van der Waals surface area contributed by atoms with Gasteiger partial charge in [0.1, 0.15) is 0 Å². The predicted molar refractivity (Wildman–Crippen MR) is 67.2 cm³/mol. The summed E-state index contributed by atoms with van der Waals surface area (Å²) in [4.78, 5) is 2.35. The molecule has 2 nitrogen and oxygen atoms in total. The molecule has 0 bridgehead atoms. The van der Waals surface area contributed by atoms with E-state index in [1.807, 2.05) is 18.2 Å². The summed E-state index contributed by atoms with van der Waals surface area (Å²) < 4.78 is 0. The van der Waals surface area contributed by atoms with E-state index >= 15 is 0 Å². The minimum absolute atomic E-state index is 0.291. The molecule has 86 valence electrons. The van der Waals surface area contributed by atoms with Crippen LogP contribution in [0.15, 0.2) is 36.4 Å². The maximum Gasteiger partial charge on any atom is 0.0587 e. The van der Waals surface area contributed by atoms with E-state index in [2.05, 4.69) is 29.2 Å². The van der Waals surface area contributed by atoms with Crippen molar-refractivity contribution in [2.75, 3.05) is 19.7 Å². The molecule has 1 aliphatic heterocycles. The Bertz CT molecular complexity index is 334. The molecule has 1 saturated heterocycles. The average Bonchev–Trinajstić information content (AvgIpc) is 2.78. The van der Waals surface area contributed by atoms with Gasteiger partial charge in [0.2, 0.25) is 0 Å². The SMILES string of the molecule is OC[C@@H]1CCCN1C/C=C/c1ccccc1. The van der Waals surface area contributed by atoms with Crippen LogP contribution in [0.3, 0.4) is 0 Å². The second-order valence-electron chi connectivity index (χ2n) is 4.29. The minimum Gasteiger partial charge on any atom is -0.395 e. The molecular weight excluding hydrogens is 198 g/mol. The van der Waals surface area contributed by atoms with Crippen LogP contribution in [0.25, 0.3) is 6.08 Å². The van der Waals surface area contributed by atoms with Crippen LogP contribution in [-0.2, 0) is 0 Å². The molecule has 0 aliphatic carbocycles. The summed E-state index contributed by atoms with van der Waals surface area (Å²) in [6, 6.07) is 10.7. The maximum absolute atomic E-state index is 9.19. The number of aliphatic hydroxyl groups excluding tert-OH is 1. The monoisotopic (exact) mass is 217 g/mol. The largest absolute Gasteiger partial charge is 0.395 e. The summed E-state index contributed by atoms with van der Waals surface area (Å²) >= 11 is 0. The molecule has 1 atom stereocenters. The normalized spacial score (nSPS) is 21.9. The summed E-state index contributed by atoms with van der Waals surface area (Å²) in [5.41, 5.74) is 1.24. The van der Waals surface area contributed by atoms with Gasteiger partial charge in [-0.25, -0.2) is 0 Å². The van der Waals surface area contributed by atoms with Gasteiger partial charge in [0, 0.05) is 12.6 Å². The highest BCUT2D eigenvalue weighted by atomic mass is 16.3. The van der Waals surface area contributed by atoms with Crippen LogP contribution in [0.2, 0.25) is 0 Å². The van der Waals surface area contributed by atoms with Crippen LogP contribution >= 0.6 is 0 Å². The zero-order valence-electron chi connectivity index (χ0n) is 9.55. The summed E-state index contributed by atoms with van der Waals surface area (Å²) in [5, 5.41) is 9.19. The fourth-order valence-electron chi connectivity index (χ4n) is 2.23. The van der Waals surface area contributed by atoms with Gasteiger partial charge < -0.3 is 5.11 Å². The Morgan fingerprint density at radius 2 is 2.12 bits per heavy atom. The van der Waals surface area contributed by atoms with Gasteiger partial charge in [-0.1, -0.05) is 42.5 Å². The van der Waals surface area contributed by atoms with Crippen LogP contribution < -0.4 is 0 Å². The van der Waals surface area contributed by atoms with Gasteiger partial charge in [0.25, 0.3) is 0 Å². The Morgan fingerprint density at radius 3 is 2.88 bits per heavy atom. The molecule has 0 unspecified atom stereocenters. The smallest absolute Gasteiger partial charge is 0.0587 e. The molecule has 0 radical (unpaired) electrons. The van der Waals surface area contributed by atoms with E-state index in [-0.39, 0.29) is 0 Å². The summed E-state index contributed by atoms with van der Waals surface area (Å²) in [6.45, 7) is 2.35. The molecule has 0 spiro atoms. The third-order valence-electron chi connectivity index (χ3n) is 3.16. The Balaban J connectivity index is 1.85. The molecule has 0 saturated carbocycles. The van der Waals surface area contributed by atoms with E-state index in [9.17, 15) is 5.11 Å². The topological polar surface area (TPSA) is 23.5 Å². The highest BCUT2D eigenvalue weighted by Crippen LogP contribution is 2.16. The predicted octanol–water partition coefficient (Wildman–Crippen LogP) is 2.16. The lowest BCUT2D eigenvalue weighted by Gasteiger charge is -2.20. The first kappa shape index (κ1) is 11.4. The zero-order chi connectivity index (χ0) is 11.2. The third-order valence-corrected chi connectivity index (χ3v) is 3.16. The highest BCUT2D eigenvalue weighted by Gasteiger charge is 2.21. The quantitative estimate of drug-likeness (QED) is 0.835. The number of nitrogens with zero attached hydrogens (tertiary/aromatic N) is 1. The first-order valence-corrected chi connectivity index (χ1v) is 5.96. The maximum atomic E-state index is 9.19. The fraction of sp³-hybridized carbons (Fsp3) is 0.429. The molecule has 2 heteroatoms. The molecule has 16 heavy (non-hydrogen) atoms. The van der Waals surface area contributed by atoms with Gasteiger partial charge in [0.05, 0.1) is 6.61 Å². The highest BCUT2D eigenvalue weighted by molar-refractivity contribution is 5.48. The van der Waals surface area contributed by atoms with Crippen LogP contribution in [0, 0.1) is 0 Å². The van der Waals surface area contributed by atoms with E-state index in [0.29, 0.717) is 12.6 Å². The van der Waals surface area contributed by atoms with Crippen LogP contribution in [-0.4, -0.2) is 35.7 Å². The molecule has 0 amide bonds. The number of hydrogen-bond donors (Lipinski definition) is 1. The standard InChI is InChI=1S/C14H19NO/c16-12-14-9-5-11-15(14)10-4-8-13-6-2-1-3-7-13/h1-4,6-8,14,16H,5,9-12H2/b8-4+/t14-/m0/s1. The number of hydrogen-bond acceptors (Lipinski definition) is 2. The fourth-order valence-corrected chi connectivity index (χ4v) is 2.23. The van der Waals surface area contributed by atoms with Crippen molar-refractivity contribution in [3.8, 4) is 0 Å². The Kier molecular flexibility index (Phi) is 4.14. The number of likely N-dealkylation sites (tertiary alicyclic amines) is 1. The van der Waals surface area contributed by atoms with Crippen molar-refractivity contribution in [1.29, 1.82) is 0 Å². The van der Waals surface area contributed by atoms with Crippen LogP contribution in [0.5, 0.6) is 0 Å². The van der Waals surface area contributed by atoms with Crippen molar-refractivity contribution in [2.45, 2.75) is 18.9 Å². The van der Waals surface area contributed by atoms with Crippen molar-refractivity contribution >= 4 is 6.08 Å². The molecule has 1 aromatic carbocycles. The van der Waals surface area contributed by atoms with Crippen molar-refractivity contribution in [3.63, 3.8) is 0 Å². The Labute approximate surface area is 97.2 Å². The van der Waals surface area contributed by atoms with Crippen LogP contribution in [0.1, 0.15) is 18.4 Å². The van der Waals surface area contributed by atoms with Crippen molar-refractivity contribution < 1.29 is 5.11 Å². The third kappa shape index (κ3) is 2.94. The van der Waals surface area contributed by atoms with Crippen LogP contribution in [0.4, 0.5) is 0 Å². The van der Waals surface area contributed by atoms with Gasteiger partial charge in [-0.3, -0.25) is 4.90 Å². The van der Waals surface area contributed by atoms with E-state index in [4.69, 9.17) is 0 Å². The Morgan fingerprint density at radius 1 is 1.31 bits per heavy atom. The molecule has 2 rings (SSSR count). The van der Waals surface area contributed by atoms with Gasteiger partial charge in [-0.05, 0) is 24.9 Å². The summed E-state index contributed by atoms with van der Waals surface area (Å²) in [7, 11) is 0. The van der Waals surface area contributed by atoms with E-state index in [0.717, 1.165) is 19.5 Å². The summed E-state index contributed by atoms with van der Waals surface area (Å²) in [6.07, 6.45) is 6.68. The number of aliphatic hydroxyl groups is 1. The zero-order valence-corrected chi connectivity index (χ0v) is 9.55. The van der Waals surface area contributed by atoms with Gasteiger partial charge in [0.15, 0.2) is 0 Å². The van der Waals surface area contributed by atoms with Crippen molar-refractivity contribution in [3.05, 3.63) is 42.0 Å². The molecule has 1 aromatic rings. The molecule has 1 aliphatic rings. The van der Waals surface area contributed by atoms with Gasteiger partial charge in [-0.2, -0.15) is 0 Å². The average molecular weight is 217 g/mol. The lowest BCUT2D eigenvalue weighted by atomic mass is 10.2. The lowest BCUT2D eigenvalue weighted by molar-refractivity contribution is 0.170. The second kappa shape index (κ2) is 5.83.